The van der Waals surface area contributed by atoms with Gasteiger partial charge in [-0.1, -0.05) is 6.92 Å². The van der Waals surface area contributed by atoms with Crippen LogP contribution in [0.2, 0.25) is 0 Å². The summed E-state index contributed by atoms with van der Waals surface area (Å²) in [5, 5.41) is 2.89. The van der Waals surface area contributed by atoms with Gasteiger partial charge in [0.25, 0.3) is 11.8 Å². The van der Waals surface area contributed by atoms with Crippen molar-refractivity contribution < 1.29 is 19.1 Å². The highest BCUT2D eigenvalue weighted by atomic mass is 127. The summed E-state index contributed by atoms with van der Waals surface area (Å²) in [5.41, 5.74) is 7.54. The van der Waals surface area contributed by atoms with Crippen LogP contribution in [0.1, 0.15) is 39.0 Å². The van der Waals surface area contributed by atoms with Crippen molar-refractivity contribution in [2.24, 2.45) is 5.73 Å². The molecule has 0 bridgehead atoms. The minimum absolute atomic E-state index is 0.0175. The van der Waals surface area contributed by atoms with E-state index in [-0.39, 0.29) is 18.4 Å². The molecule has 0 atom stereocenters. The third-order valence-electron chi connectivity index (χ3n) is 4.73. The summed E-state index contributed by atoms with van der Waals surface area (Å²) in [5.74, 6) is -0.325. The molecule has 1 aromatic carbocycles. The van der Waals surface area contributed by atoms with Crippen LogP contribution in [0.4, 0.5) is 11.4 Å². The number of benzene rings is 1. The van der Waals surface area contributed by atoms with Gasteiger partial charge in [-0.15, -0.1) is 0 Å². The minimum Gasteiger partial charge on any atom is -0.482 e. The first-order chi connectivity index (χ1) is 12.9. The van der Waals surface area contributed by atoms with Crippen LogP contribution in [0.5, 0.6) is 5.75 Å². The molecule has 0 aromatic heterocycles. The summed E-state index contributed by atoms with van der Waals surface area (Å²) in [7, 11) is 0. The summed E-state index contributed by atoms with van der Waals surface area (Å²) in [6.07, 6.45) is 3.60. The maximum absolute atomic E-state index is 12.8. The number of ether oxygens (including phenoxy) is 1. The largest absolute Gasteiger partial charge is 0.482 e. The van der Waals surface area contributed by atoms with Crippen LogP contribution in [-0.4, -0.2) is 30.9 Å². The molecular formula is C19H22IN3O4. The molecule has 1 heterocycles. The average molecular weight is 483 g/mol. The molecule has 0 spiro atoms. The molecule has 3 N–H and O–H groups in total. The van der Waals surface area contributed by atoms with Crippen molar-refractivity contribution >= 4 is 51.7 Å². The van der Waals surface area contributed by atoms with E-state index in [1.54, 1.807) is 11.0 Å². The van der Waals surface area contributed by atoms with Gasteiger partial charge in [0.1, 0.15) is 5.75 Å². The molecule has 0 fully saturated rings. The normalized spacial score (nSPS) is 16.7. The Balaban J connectivity index is 1.92. The first-order valence-corrected chi connectivity index (χ1v) is 10.1. The lowest BCUT2D eigenvalue weighted by Gasteiger charge is -2.30. The second-order valence-corrected chi connectivity index (χ2v) is 7.78. The smallest absolute Gasteiger partial charge is 0.265 e. The lowest BCUT2D eigenvalue weighted by Crippen LogP contribution is -2.39. The average Bonchev–Trinajstić information content (AvgIpc) is 2.65. The number of anilines is 2. The number of hydrogen-bond donors (Lipinski definition) is 2. The number of rotatable bonds is 5. The van der Waals surface area contributed by atoms with Gasteiger partial charge < -0.3 is 20.7 Å². The Morgan fingerprint density at radius 1 is 1.26 bits per heavy atom. The first kappa shape index (κ1) is 19.7. The third kappa shape index (κ3) is 4.10. The van der Waals surface area contributed by atoms with Crippen molar-refractivity contribution in [1.29, 1.82) is 0 Å². The zero-order valence-corrected chi connectivity index (χ0v) is 17.3. The molecule has 1 aliphatic heterocycles. The van der Waals surface area contributed by atoms with E-state index in [9.17, 15) is 14.4 Å². The number of carbonyl (C=O) groups excluding carboxylic acids is 3. The SMILES string of the molecule is CCCN1C(=O)COc2cc(I)c(NC(=O)C3=C(C(N)=O)CCCC3)cc21. The van der Waals surface area contributed by atoms with Gasteiger partial charge in [0.15, 0.2) is 6.61 Å². The van der Waals surface area contributed by atoms with Crippen LogP contribution in [0.15, 0.2) is 23.3 Å². The molecule has 3 rings (SSSR count). The van der Waals surface area contributed by atoms with E-state index in [1.165, 1.54) is 0 Å². The van der Waals surface area contributed by atoms with Crippen molar-refractivity contribution in [1.82, 2.24) is 0 Å². The fourth-order valence-electron chi connectivity index (χ4n) is 3.41. The lowest BCUT2D eigenvalue weighted by atomic mass is 9.90. The zero-order valence-electron chi connectivity index (χ0n) is 15.1. The fraction of sp³-hybridized carbons (Fsp3) is 0.421. The Labute approximate surface area is 171 Å². The molecule has 144 valence electrons. The topological polar surface area (TPSA) is 102 Å². The highest BCUT2D eigenvalue weighted by Gasteiger charge is 2.27. The number of fused-ring (bicyclic) bond motifs is 1. The minimum atomic E-state index is -0.534. The van der Waals surface area contributed by atoms with Crippen molar-refractivity contribution in [3.05, 3.63) is 26.8 Å². The first-order valence-electron chi connectivity index (χ1n) is 9.02. The van der Waals surface area contributed by atoms with E-state index >= 15 is 0 Å². The fourth-order valence-corrected chi connectivity index (χ4v) is 3.99. The Bertz CT molecular complexity index is 834. The maximum Gasteiger partial charge on any atom is 0.265 e. The predicted octanol–water partition coefficient (Wildman–Crippen LogP) is 2.72. The van der Waals surface area contributed by atoms with Crippen LogP contribution in [0, 0.1) is 3.57 Å². The highest BCUT2D eigenvalue weighted by Crippen LogP contribution is 2.38. The number of primary amides is 1. The molecule has 1 aliphatic carbocycles. The van der Waals surface area contributed by atoms with E-state index < -0.39 is 5.91 Å². The molecule has 27 heavy (non-hydrogen) atoms. The molecule has 3 amide bonds. The zero-order chi connectivity index (χ0) is 19.6. The molecule has 1 aromatic rings. The van der Waals surface area contributed by atoms with Crippen molar-refractivity contribution in [2.45, 2.75) is 39.0 Å². The number of nitrogens with zero attached hydrogens (tertiary/aromatic N) is 1. The number of nitrogens with one attached hydrogen (secondary N) is 1. The molecule has 0 saturated heterocycles. The Morgan fingerprint density at radius 3 is 2.63 bits per heavy atom. The summed E-state index contributed by atoms with van der Waals surface area (Å²) in [4.78, 5) is 38.3. The molecule has 2 aliphatic rings. The number of hydrogen-bond acceptors (Lipinski definition) is 4. The summed E-state index contributed by atoms with van der Waals surface area (Å²) in [6.45, 7) is 2.60. The van der Waals surface area contributed by atoms with Gasteiger partial charge in [-0.3, -0.25) is 14.4 Å². The van der Waals surface area contributed by atoms with Gasteiger partial charge in [-0.25, -0.2) is 0 Å². The Morgan fingerprint density at radius 2 is 1.96 bits per heavy atom. The lowest BCUT2D eigenvalue weighted by molar-refractivity contribution is -0.121. The van der Waals surface area contributed by atoms with Gasteiger partial charge in [0.2, 0.25) is 5.91 Å². The molecule has 0 saturated carbocycles. The monoisotopic (exact) mass is 483 g/mol. The summed E-state index contributed by atoms with van der Waals surface area (Å²) < 4.78 is 6.33. The van der Waals surface area contributed by atoms with Crippen LogP contribution in [0.25, 0.3) is 0 Å². The van der Waals surface area contributed by atoms with Gasteiger partial charge >= 0.3 is 0 Å². The molecule has 7 nitrogen and oxygen atoms in total. The number of carbonyl (C=O) groups is 3. The molecule has 0 radical (unpaired) electrons. The van der Waals surface area contributed by atoms with Crippen LogP contribution >= 0.6 is 22.6 Å². The predicted molar refractivity (Wildman–Crippen MR) is 111 cm³/mol. The maximum atomic E-state index is 12.8. The Hall–Kier alpha value is -2.10. The van der Waals surface area contributed by atoms with E-state index in [0.717, 1.165) is 22.8 Å². The summed E-state index contributed by atoms with van der Waals surface area (Å²) >= 11 is 2.12. The van der Waals surface area contributed by atoms with Crippen molar-refractivity contribution in [3.63, 3.8) is 0 Å². The Kier molecular flexibility index (Phi) is 6.03. The molecular weight excluding hydrogens is 461 g/mol. The third-order valence-corrected chi connectivity index (χ3v) is 5.62. The van der Waals surface area contributed by atoms with Crippen LogP contribution in [-0.2, 0) is 14.4 Å². The van der Waals surface area contributed by atoms with E-state index in [4.69, 9.17) is 10.5 Å². The second kappa shape index (κ2) is 8.28. The van der Waals surface area contributed by atoms with Crippen LogP contribution < -0.4 is 20.7 Å². The van der Waals surface area contributed by atoms with Crippen molar-refractivity contribution in [2.75, 3.05) is 23.4 Å². The standard InChI is InChI=1S/C19H22IN3O4/c1-2-7-23-15-9-14(13(20)8-16(15)27-10-17(23)24)22-19(26)12-6-4-3-5-11(12)18(21)25/h8-9H,2-7,10H2,1H3,(H2,21,25)(H,22,26). The van der Waals surface area contributed by atoms with Gasteiger partial charge in [-0.05, 0) is 66.8 Å². The molecule has 0 unspecified atom stereocenters. The number of halogens is 1. The quantitative estimate of drug-likeness (QED) is 0.629. The van der Waals surface area contributed by atoms with Crippen molar-refractivity contribution in [3.8, 4) is 5.75 Å². The molecule has 8 heteroatoms. The van der Waals surface area contributed by atoms with Gasteiger partial charge in [0.05, 0.1) is 11.4 Å². The highest BCUT2D eigenvalue weighted by molar-refractivity contribution is 14.1. The van der Waals surface area contributed by atoms with Gasteiger partial charge in [-0.2, -0.15) is 0 Å². The van der Waals surface area contributed by atoms with E-state index in [1.807, 2.05) is 13.0 Å². The van der Waals surface area contributed by atoms with E-state index in [2.05, 4.69) is 27.9 Å². The number of nitrogens with two attached hydrogens (primary N) is 1. The number of amides is 3. The van der Waals surface area contributed by atoms with Gasteiger partial charge in [0, 0.05) is 21.3 Å². The summed E-state index contributed by atoms with van der Waals surface area (Å²) in [6, 6.07) is 3.57. The van der Waals surface area contributed by atoms with E-state index in [0.29, 0.717) is 47.7 Å². The second-order valence-electron chi connectivity index (χ2n) is 6.62. The van der Waals surface area contributed by atoms with Crippen LogP contribution in [0.3, 0.4) is 0 Å².